The Morgan fingerprint density at radius 1 is 1.00 bits per heavy atom. The number of hydrogen-bond donors (Lipinski definition) is 0. The Hall–Kier alpha value is -1.11. The fourth-order valence-corrected chi connectivity index (χ4v) is 3.69. The second-order valence-corrected chi connectivity index (χ2v) is 6.30. The van der Waals surface area contributed by atoms with Gasteiger partial charge in [0.1, 0.15) is 0 Å². The number of hydrogen-bond acceptors (Lipinski definition) is 1. The van der Waals surface area contributed by atoms with Crippen LogP contribution in [0.2, 0.25) is 0 Å². The van der Waals surface area contributed by atoms with Gasteiger partial charge in [0, 0.05) is 12.0 Å². The van der Waals surface area contributed by atoms with Crippen molar-refractivity contribution in [2.24, 2.45) is 5.92 Å². The highest BCUT2D eigenvalue weighted by Gasteiger charge is 2.17. The lowest BCUT2D eigenvalue weighted by Crippen LogP contribution is -2.07. The van der Waals surface area contributed by atoms with Crippen LogP contribution in [0.15, 0.2) is 18.2 Å². The molecule has 0 bridgehead atoms. The molecule has 0 saturated heterocycles. The summed E-state index contributed by atoms with van der Waals surface area (Å²) in [4.78, 5) is 12.3. The topological polar surface area (TPSA) is 17.1 Å². The first-order chi connectivity index (χ1) is 9.33. The summed E-state index contributed by atoms with van der Waals surface area (Å²) in [5.74, 6) is 1.18. The highest BCUT2D eigenvalue weighted by atomic mass is 16.1. The molecule has 1 aromatic rings. The molecule has 2 aliphatic carbocycles. The highest BCUT2D eigenvalue weighted by Crippen LogP contribution is 2.29. The lowest BCUT2D eigenvalue weighted by Gasteiger charge is -2.16. The molecule has 0 unspecified atom stereocenters. The molecule has 1 saturated carbocycles. The Morgan fingerprint density at radius 3 is 2.53 bits per heavy atom. The predicted molar refractivity (Wildman–Crippen MR) is 78.6 cm³/mol. The van der Waals surface area contributed by atoms with Gasteiger partial charge in [-0.3, -0.25) is 4.79 Å². The van der Waals surface area contributed by atoms with Crippen LogP contribution >= 0.6 is 0 Å². The third kappa shape index (κ3) is 3.08. The van der Waals surface area contributed by atoms with Crippen molar-refractivity contribution >= 4 is 5.78 Å². The summed E-state index contributed by atoms with van der Waals surface area (Å²) >= 11 is 0. The molecule has 0 N–H and O–H groups in total. The van der Waals surface area contributed by atoms with Gasteiger partial charge in [-0.1, -0.05) is 37.8 Å². The van der Waals surface area contributed by atoms with E-state index in [1.54, 1.807) is 0 Å². The quantitative estimate of drug-likeness (QED) is 0.712. The van der Waals surface area contributed by atoms with Gasteiger partial charge in [0.05, 0.1) is 0 Å². The van der Waals surface area contributed by atoms with Crippen molar-refractivity contribution in [3.05, 3.63) is 34.9 Å². The van der Waals surface area contributed by atoms with Crippen molar-refractivity contribution in [1.82, 2.24) is 0 Å². The van der Waals surface area contributed by atoms with Gasteiger partial charge < -0.3 is 0 Å². The minimum absolute atomic E-state index is 0.361. The fourth-order valence-electron chi connectivity index (χ4n) is 3.69. The van der Waals surface area contributed by atoms with Crippen molar-refractivity contribution in [2.45, 2.75) is 64.2 Å². The summed E-state index contributed by atoms with van der Waals surface area (Å²) in [6.07, 6.45) is 12.3. The molecular weight excluding hydrogens is 232 g/mol. The molecule has 1 aromatic carbocycles. The largest absolute Gasteiger partial charge is 0.294 e. The van der Waals surface area contributed by atoms with Crippen LogP contribution in [-0.4, -0.2) is 5.78 Å². The maximum atomic E-state index is 12.3. The molecule has 19 heavy (non-hydrogen) atoms. The third-order valence-electron chi connectivity index (χ3n) is 4.92. The molecule has 0 heterocycles. The molecule has 2 aliphatic rings. The predicted octanol–water partition coefficient (Wildman–Crippen LogP) is 4.72. The van der Waals surface area contributed by atoms with Crippen molar-refractivity contribution in [1.29, 1.82) is 0 Å². The molecular formula is C18H24O. The van der Waals surface area contributed by atoms with Gasteiger partial charge in [-0.05, 0) is 55.2 Å². The normalized spacial score (nSPS) is 19.4. The Balaban J connectivity index is 1.62. The first-order valence-corrected chi connectivity index (χ1v) is 7.98. The molecule has 1 fully saturated rings. The lowest BCUT2D eigenvalue weighted by atomic mass is 9.89. The number of carbonyl (C=O) groups is 1. The van der Waals surface area contributed by atoms with Gasteiger partial charge in [-0.15, -0.1) is 0 Å². The van der Waals surface area contributed by atoms with Gasteiger partial charge in [0.25, 0.3) is 0 Å². The molecule has 0 amide bonds. The molecule has 0 radical (unpaired) electrons. The summed E-state index contributed by atoms with van der Waals surface area (Å²) in [5, 5.41) is 0. The average molecular weight is 256 g/mol. The Morgan fingerprint density at radius 2 is 1.74 bits per heavy atom. The zero-order chi connectivity index (χ0) is 13.1. The zero-order valence-corrected chi connectivity index (χ0v) is 11.8. The summed E-state index contributed by atoms with van der Waals surface area (Å²) in [6.45, 7) is 0. The van der Waals surface area contributed by atoms with Crippen LogP contribution in [0.5, 0.6) is 0 Å². The Bertz CT molecular complexity index is 455. The van der Waals surface area contributed by atoms with E-state index in [0.29, 0.717) is 5.78 Å². The number of carbonyl (C=O) groups excluding carboxylic acids is 1. The maximum Gasteiger partial charge on any atom is 0.162 e. The first kappa shape index (κ1) is 12.9. The second kappa shape index (κ2) is 5.90. The SMILES string of the molecule is O=C(CCC1CCCC1)c1ccc2c(c1)CCCC2. The van der Waals surface area contributed by atoms with E-state index >= 15 is 0 Å². The van der Waals surface area contributed by atoms with E-state index in [2.05, 4.69) is 18.2 Å². The van der Waals surface area contributed by atoms with E-state index in [-0.39, 0.29) is 0 Å². The lowest BCUT2D eigenvalue weighted by molar-refractivity contribution is 0.0974. The number of aryl methyl sites for hydroxylation is 2. The number of Topliss-reactive ketones (excluding diaryl/α,β-unsaturated/α-hetero) is 1. The highest BCUT2D eigenvalue weighted by molar-refractivity contribution is 5.96. The van der Waals surface area contributed by atoms with Crippen LogP contribution in [0.4, 0.5) is 0 Å². The summed E-state index contributed by atoms with van der Waals surface area (Å²) in [6, 6.07) is 6.42. The molecule has 0 aromatic heterocycles. The van der Waals surface area contributed by atoms with E-state index in [0.717, 1.165) is 24.3 Å². The van der Waals surface area contributed by atoms with Gasteiger partial charge in [0.15, 0.2) is 5.78 Å². The van der Waals surface area contributed by atoms with Gasteiger partial charge in [-0.25, -0.2) is 0 Å². The third-order valence-corrected chi connectivity index (χ3v) is 4.92. The van der Waals surface area contributed by atoms with Crippen LogP contribution in [0.3, 0.4) is 0 Å². The summed E-state index contributed by atoms with van der Waals surface area (Å²) in [5.41, 5.74) is 3.86. The molecule has 1 heteroatoms. The van der Waals surface area contributed by atoms with E-state index in [9.17, 15) is 4.79 Å². The summed E-state index contributed by atoms with van der Waals surface area (Å²) in [7, 11) is 0. The first-order valence-electron chi connectivity index (χ1n) is 7.98. The molecule has 0 spiro atoms. The second-order valence-electron chi connectivity index (χ2n) is 6.30. The number of rotatable bonds is 4. The molecule has 1 nitrogen and oxygen atoms in total. The van der Waals surface area contributed by atoms with Gasteiger partial charge in [-0.2, -0.15) is 0 Å². The van der Waals surface area contributed by atoms with Crippen molar-refractivity contribution < 1.29 is 4.79 Å². The maximum absolute atomic E-state index is 12.3. The molecule has 3 rings (SSSR count). The number of fused-ring (bicyclic) bond motifs is 1. The van der Waals surface area contributed by atoms with Gasteiger partial charge >= 0.3 is 0 Å². The minimum atomic E-state index is 0.361. The van der Waals surface area contributed by atoms with E-state index in [1.807, 2.05) is 0 Å². The minimum Gasteiger partial charge on any atom is -0.294 e. The monoisotopic (exact) mass is 256 g/mol. The van der Waals surface area contributed by atoms with E-state index in [4.69, 9.17) is 0 Å². The van der Waals surface area contributed by atoms with Crippen LogP contribution in [0, 0.1) is 5.92 Å². The average Bonchev–Trinajstić information content (AvgIpc) is 2.97. The smallest absolute Gasteiger partial charge is 0.162 e. The van der Waals surface area contributed by atoms with Crippen LogP contribution < -0.4 is 0 Å². The van der Waals surface area contributed by atoms with Crippen molar-refractivity contribution in [3.8, 4) is 0 Å². The molecule has 102 valence electrons. The van der Waals surface area contributed by atoms with Gasteiger partial charge in [0.2, 0.25) is 0 Å². The van der Waals surface area contributed by atoms with Crippen LogP contribution in [-0.2, 0) is 12.8 Å². The number of ketones is 1. The standard InChI is InChI=1S/C18H24O/c19-18(12-9-14-5-1-2-6-14)17-11-10-15-7-3-4-8-16(15)13-17/h10-11,13-14H,1-9,12H2. The van der Waals surface area contributed by atoms with Crippen LogP contribution in [0.25, 0.3) is 0 Å². The van der Waals surface area contributed by atoms with Crippen molar-refractivity contribution in [2.75, 3.05) is 0 Å². The number of benzene rings is 1. The van der Waals surface area contributed by atoms with E-state index in [1.165, 1.54) is 62.5 Å². The zero-order valence-electron chi connectivity index (χ0n) is 11.8. The Labute approximate surface area is 116 Å². The Kier molecular flexibility index (Phi) is 4.00. The molecule has 0 atom stereocenters. The van der Waals surface area contributed by atoms with Crippen LogP contribution in [0.1, 0.15) is 72.9 Å². The fraction of sp³-hybridized carbons (Fsp3) is 0.611. The summed E-state index contributed by atoms with van der Waals surface area (Å²) < 4.78 is 0. The molecule has 0 aliphatic heterocycles. The van der Waals surface area contributed by atoms with Crippen molar-refractivity contribution in [3.63, 3.8) is 0 Å². The van der Waals surface area contributed by atoms with E-state index < -0.39 is 0 Å².